The molecule has 9 nitrogen and oxygen atoms in total. The lowest BCUT2D eigenvalue weighted by atomic mass is 10.1. The van der Waals surface area contributed by atoms with E-state index < -0.39 is 17.8 Å². The number of anilines is 1. The molecule has 1 aromatic carbocycles. The number of nitrogens with zero attached hydrogens (tertiary/aromatic N) is 6. The lowest BCUT2D eigenvalue weighted by molar-refractivity contribution is -0.137. The molecule has 1 saturated heterocycles. The Morgan fingerprint density at radius 3 is 2.81 bits per heavy atom. The Bertz CT molecular complexity index is 1320. The number of rotatable bonds is 2. The van der Waals surface area contributed by atoms with E-state index in [0.717, 1.165) is 12.3 Å². The third-order valence-electron chi connectivity index (χ3n) is 5.36. The Morgan fingerprint density at radius 1 is 1.22 bits per heavy atom. The molecule has 1 fully saturated rings. The third kappa shape index (κ3) is 3.38. The molecule has 4 heterocycles. The number of nitrogen functional groups attached to an aromatic ring is 1. The Kier molecular flexibility index (Phi) is 4.66. The molecule has 0 saturated carbocycles. The van der Waals surface area contributed by atoms with Crippen molar-refractivity contribution in [1.29, 1.82) is 0 Å². The van der Waals surface area contributed by atoms with E-state index in [1.165, 1.54) is 16.8 Å². The van der Waals surface area contributed by atoms with Gasteiger partial charge in [-0.3, -0.25) is 14.2 Å². The Hall–Kier alpha value is -3.80. The molecule has 164 valence electrons. The van der Waals surface area contributed by atoms with E-state index in [1.807, 2.05) is 0 Å². The zero-order valence-corrected chi connectivity index (χ0v) is 16.5. The fraction of sp³-hybridized carbons (Fsp3) is 0.250. The average molecular weight is 443 g/mol. The Balaban J connectivity index is 1.50. The van der Waals surface area contributed by atoms with Crippen molar-refractivity contribution in [2.24, 2.45) is 0 Å². The molecule has 32 heavy (non-hydrogen) atoms. The van der Waals surface area contributed by atoms with Gasteiger partial charge in [0, 0.05) is 23.7 Å². The molecule has 1 aliphatic heterocycles. The zero-order chi connectivity index (χ0) is 22.5. The Labute approximate surface area is 178 Å². The molecule has 1 amide bonds. The first-order chi connectivity index (χ1) is 15.3. The fourth-order valence-corrected chi connectivity index (χ4v) is 3.74. The van der Waals surface area contributed by atoms with Crippen LogP contribution in [0.3, 0.4) is 0 Å². The van der Waals surface area contributed by atoms with Crippen LogP contribution in [0.15, 0.2) is 42.9 Å². The van der Waals surface area contributed by atoms with Crippen LogP contribution in [0.1, 0.15) is 27.7 Å². The van der Waals surface area contributed by atoms with Crippen molar-refractivity contribution in [2.75, 3.05) is 25.5 Å². The number of halogens is 3. The number of fused-ring (bicyclic) bond motifs is 3. The smallest absolute Gasteiger partial charge is 0.377 e. The maximum absolute atomic E-state index is 13.4. The SMILES string of the molecule is Nc1nc2ccc(C(=O)N3CCOCC3c3ccc(C(F)(F)F)cn3)cc2c2nncn12. The third-order valence-corrected chi connectivity index (χ3v) is 5.36. The van der Waals surface area contributed by atoms with Crippen molar-refractivity contribution >= 4 is 28.4 Å². The van der Waals surface area contributed by atoms with E-state index in [0.29, 0.717) is 34.4 Å². The van der Waals surface area contributed by atoms with E-state index in [4.69, 9.17) is 10.5 Å². The molecule has 2 N–H and O–H groups in total. The molecule has 12 heteroatoms. The molecule has 5 rings (SSSR count). The highest BCUT2D eigenvalue weighted by molar-refractivity contribution is 6.01. The van der Waals surface area contributed by atoms with Crippen LogP contribution in [0.25, 0.3) is 16.6 Å². The summed E-state index contributed by atoms with van der Waals surface area (Å²) in [5, 5.41) is 8.50. The summed E-state index contributed by atoms with van der Waals surface area (Å²) in [6.07, 6.45) is -2.29. The number of nitrogens with two attached hydrogens (primary N) is 1. The minimum absolute atomic E-state index is 0.129. The van der Waals surface area contributed by atoms with Gasteiger partial charge in [0.2, 0.25) is 5.95 Å². The van der Waals surface area contributed by atoms with Crippen LogP contribution in [0.5, 0.6) is 0 Å². The van der Waals surface area contributed by atoms with E-state index in [1.54, 1.807) is 23.1 Å². The minimum Gasteiger partial charge on any atom is -0.377 e. The fourth-order valence-electron chi connectivity index (χ4n) is 3.74. The Morgan fingerprint density at radius 2 is 2.06 bits per heavy atom. The molecule has 0 spiro atoms. The van der Waals surface area contributed by atoms with Gasteiger partial charge in [0.15, 0.2) is 5.65 Å². The number of alkyl halides is 3. The van der Waals surface area contributed by atoms with Crippen molar-refractivity contribution in [3.05, 3.63) is 59.7 Å². The molecule has 0 bridgehead atoms. The zero-order valence-electron chi connectivity index (χ0n) is 16.5. The highest BCUT2D eigenvalue weighted by Crippen LogP contribution is 2.31. The topological polar surface area (TPSA) is 112 Å². The van der Waals surface area contributed by atoms with Gasteiger partial charge in [-0.15, -0.1) is 10.2 Å². The molecular weight excluding hydrogens is 427 g/mol. The summed E-state index contributed by atoms with van der Waals surface area (Å²) in [6.45, 7) is 0.706. The van der Waals surface area contributed by atoms with Gasteiger partial charge >= 0.3 is 6.18 Å². The van der Waals surface area contributed by atoms with Crippen LogP contribution < -0.4 is 5.73 Å². The summed E-state index contributed by atoms with van der Waals surface area (Å²) >= 11 is 0. The number of pyridine rings is 1. The summed E-state index contributed by atoms with van der Waals surface area (Å²) in [7, 11) is 0. The second-order valence-corrected chi connectivity index (χ2v) is 7.29. The van der Waals surface area contributed by atoms with Crippen molar-refractivity contribution in [3.8, 4) is 0 Å². The predicted octanol–water partition coefficient (Wildman–Crippen LogP) is 2.49. The number of carbonyl (C=O) groups excluding carboxylic acids is 1. The first-order valence-corrected chi connectivity index (χ1v) is 9.64. The van der Waals surface area contributed by atoms with Crippen LogP contribution in [0.4, 0.5) is 19.1 Å². The second-order valence-electron chi connectivity index (χ2n) is 7.29. The van der Waals surface area contributed by atoms with Crippen molar-refractivity contribution < 1.29 is 22.7 Å². The summed E-state index contributed by atoms with van der Waals surface area (Å²) in [5.41, 5.74) is 6.76. The van der Waals surface area contributed by atoms with E-state index >= 15 is 0 Å². The molecular formula is C20H16F3N7O2. The number of morpholine rings is 1. The summed E-state index contributed by atoms with van der Waals surface area (Å²) in [5.74, 6) is -0.0883. The van der Waals surface area contributed by atoms with Crippen LogP contribution in [-0.4, -0.2) is 55.1 Å². The largest absolute Gasteiger partial charge is 0.417 e. The minimum atomic E-state index is -4.49. The van der Waals surface area contributed by atoms with Gasteiger partial charge in [-0.2, -0.15) is 13.2 Å². The van der Waals surface area contributed by atoms with E-state index in [9.17, 15) is 18.0 Å². The van der Waals surface area contributed by atoms with Gasteiger partial charge in [0.25, 0.3) is 5.91 Å². The highest BCUT2D eigenvalue weighted by atomic mass is 19.4. The number of carbonyl (C=O) groups is 1. The van der Waals surface area contributed by atoms with Crippen molar-refractivity contribution in [3.63, 3.8) is 0 Å². The second kappa shape index (κ2) is 7.41. The summed E-state index contributed by atoms with van der Waals surface area (Å²) in [4.78, 5) is 23.2. The average Bonchev–Trinajstić information content (AvgIpc) is 3.29. The molecule has 1 unspecified atom stereocenters. The first kappa shape index (κ1) is 20.1. The van der Waals surface area contributed by atoms with Gasteiger partial charge < -0.3 is 15.4 Å². The van der Waals surface area contributed by atoms with Crippen LogP contribution in [0, 0.1) is 0 Å². The number of ether oxygens (including phenoxy) is 1. The molecule has 1 aliphatic rings. The van der Waals surface area contributed by atoms with Crippen molar-refractivity contribution in [1.82, 2.24) is 29.5 Å². The lowest BCUT2D eigenvalue weighted by Crippen LogP contribution is -2.43. The van der Waals surface area contributed by atoms with Crippen LogP contribution in [-0.2, 0) is 10.9 Å². The molecule has 4 aromatic rings. The number of aromatic nitrogens is 5. The number of benzene rings is 1. The molecule has 0 aliphatic carbocycles. The molecule has 0 radical (unpaired) electrons. The molecule has 1 atom stereocenters. The van der Waals surface area contributed by atoms with Crippen molar-refractivity contribution in [2.45, 2.75) is 12.2 Å². The van der Waals surface area contributed by atoms with E-state index in [-0.39, 0.29) is 25.0 Å². The molecule has 3 aromatic heterocycles. The van der Waals surface area contributed by atoms with Crippen LogP contribution in [0.2, 0.25) is 0 Å². The van der Waals surface area contributed by atoms with Gasteiger partial charge in [0.05, 0.1) is 36.0 Å². The van der Waals surface area contributed by atoms with Gasteiger partial charge in [-0.05, 0) is 30.3 Å². The normalized spacial score (nSPS) is 17.2. The van der Waals surface area contributed by atoms with Gasteiger partial charge in [-0.25, -0.2) is 4.98 Å². The summed E-state index contributed by atoms with van der Waals surface area (Å²) < 4.78 is 45.6. The summed E-state index contributed by atoms with van der Waals surface area (Å²) in [6, 6.07) is 6.55. The maximum atomic E-state index is 13.4. The highest BCUT2D eigenvalue weighted by Gasteiger charge is 2.33. The van der Waals surface area contributed by atoms with Gasteiger partial charge in [0.1, 0.15) is 6.33 Å². The number of amides is 1. The lowest BCUT2D eigenvalue weighted by Gasteiger charge is -2.35. The van der Waals surface area contributed by atoms with E-state index in [2.05, 4.69) is 20.2 Å². The van der Waals surface area contributed by atoms with Crippen LogP contribution >= 0.6 is 0 Å². The number of hydrogen-bond donors (Lipinski definition) is 1. The number of hydrogen-bond acceptors (Lipinski definition) is 7. The maximum Gasteiger partial charge on any atom is 0.417 e. The quantitative estimate of drug-likeness (QED) is 0.507. The standard InChI is InChI=1S/C20H16F3N7O2/c21-20(22,23)12-2-4-15(25-8-12)16-9-32-6-5-29(16)18(31)11-1-3-14-13(7-11)17-28-26-10-30(17)19(24)27-14/h1-4,7-8,10,16H,5-6,9H2,(H2,24,27). The first-order valence-electron chi connectivity index (χ1n) is 9.64. The van der Waals surface area contributed by atoms with Gasteiger partial charge in [-0.1, -0.05) is 0 Å². The monoisotopic (exact) mass is 443 g/mol. The predicted molar refractivity (Wildman–Crippen MR) is 107 cm³/mol.